The van der Waals surface area contributed by atoms with Crippen molar-refractivity contribution < 1.29 is 14.0 Å². The number of nitrogens with zero attached hydrogens (tertiary/aromatic N) is 1. The van der Waals surface area contributed by atoms with Crippen molar-refractivity contribution in [3.8, 4) is 0 Å². The average Bonchev–Trinajstić information content (AvgIpc) is 2.30. The molecule has 1 aliphatic heterocycles. The van der Waals surface area contributed by atoms with Crippen LogP contribution in [-0.2, 0) is 16.0 Å². The quantitative estimate of drug-likeness (QED) is 0.787. The van der Waals surface area contributed by atoms with Crippen LogP contribution in [0.1, 0.15) is 36.9 Å². The third-order valence-electron chi connectivity index (χ3n) is 2.90. The lowest BCUT2D eigenvalue weighted by molar-refractivity contribution is -0.134. The predicted octanol–water partition coefficient (Wildman–Crippen LogP) is 1.30. The number of pyridine rings is 1. The number of hydrogen-bond acceptors (Lipinski definition) is 3. The van der Waals surface area contributed by atoms with Gasteiger partial charge in [-0.3, -0.25) is 19.9 Å². The minimum absolute atomic E-state index is 0.132. The average molecular weight is 236 g/mol. The molecule has 17 heavy (non-hydrogen) atoms. The van der Waals surface area contributed by atoms with E-state index in [1.54, 1.807) is 6.20 Å². The Balaban J connectivity index is 2.28. The number of carbonyl (C=O) groups excluding carboxylic acids is 2. The molecule has 1 aromatic heterocycles. The monoisotopic (exact) mass is 236 g/mol. The molecule has 2 heterocycles. The summed E-state index contributed by atoms with van der Waals surface area (Å²) < 4.78 is 13.8. The summed E-state index contributed by atoms with van der Waals surface area (Å²) in [5.74, 6) is -1.90. The number of aryl methyl sites for hydroxylation is 1. The molecule has 5 heteroatoms. The molecule has 1 aliphatic rings. The van der Waals surface area contributed by atoms with Gasteiger partial charge in [-0.25, -0.2) is 4.39 Å². The van der Waals surface area contributed by atoms with Crippen LogP contribution in [0.3, 0.4) is 0 Å². The van der Waals surface area contributed by atoms with Gasteiger partial charge in [0.05, 0.1) is 11.6 Å². The number of rotatable bonds is 2. The highest BCUT2D eigenvalue weighted by molar-refractivity contribution is 6.00. The minimum atomic E-state index is -0.654. The van der Waals surface area contributed by atoms with Gasteiger partial charge in [-0.05, 0) is 24.5 Å². The van der Waals surface area contributed by atoms with E-state index in [0.29, 0.717) is 12.8 Å². The van der Waals surface area contributed by atoms with E-state index in [-0.39, 0.29) is 18.0 Å². The summed E-state index contributed by atoms with van der Waals surface area (Å²) in [4.78, 5) is 26.6. The molecule has 1 aromatic rings. The highest BCUT2D eigenvalue weighted by Crippen LogP contribution is 2.25. The molecule has 0 aliphatic carbocycles. The van der Waals surface area contributed by atoms with Crippen molar-refractivity contribution in [2.75, 3.05) is 0 Å². The Kier molecular flexibility index (Phi) is 3.17. The van der Waals surface area contributed by atoms with E-state index in [4.69, 9.17) is 0 Å². The number of imide groups is 1. The summed E-state index contributed by atoms with van der Waals surface area (Å²) in [5, 5.41) is 2.20. The summed E-state index contributed by atoms with van der Waals surface area (Å²) in [6, 6.07) is 1.39. The summed E-state index contributed by atoms with van der Waals surface area (Å²) in [5.41, 5.74) is 0.922. The molecule has 4 nitrogen and oxygen atoms in total. The fraction of sp³-hybridized carbons (Fsp3) is 0.417. The molecule has 1 fully saturated rings. The molecule has 2 amide bonds. The zero-order chi connectivity index (χ0) is 12.4. The molecule has 0 radical (unpaired) electrons. The molecule has 0 saturated carbocycles. The molecule has 1 N–H and O–H groups in total. The van der Waals surface area contributed by atoms with Gasteiger partial charge in [-0.2, -0.15) is 0 Å². The van der Waals surface area contributed by atoms with E-state index < -0.39 is 17.6 Å². The van der Waals surface area contributed by atoms with Crippen LogP contribution in [0.15, 0.2) is 12.3 Å². The minimum Gasteiger partial charge on any atom is -0.296 e. The largest absolute Gasteiger partial charge is 0.296 e. The molecule has 0 bridgehead atoms. The van der Waals surface area contributed by atoms with Crippen molar-refractivity contribution in [1.82, 2.24) is 10.3 Å². The van der Waals surface area contributed by atoms with Gasteiger partial charge in [0.15, 0.2) is 0 Å². The first-order valence-corrected chi connectivity index (χ1v) is 5.59. The molecule has 1 saturated heterocycles. The Morgan fingerprint density at radius 3 is 2.88 bits per heavy atom. The van der Waals surface area contributed by atoms with Crippen molar-refractivity contribution >= 4 is 11.8 Å². The first-order valence-electron chi connectivity index (χ1n) is 5.59. The van der Waals surface area contributed by atoms with Crippen molar-refractivity contribution in [3.63, 3.8) is 0 Å². The SMILES string of the molecule is CCc1cnc([C@H]2CCC(=O)NC2=O)c(F)c1. The summed E-state index contributed by atoms with van der Waals surface area (Å²) in [6.45, 7) is 1.90. The molecular formula is C12H13FN2O2. The lowest BCUT2D eigenvalue weighted by atomic mass is 9.93. The van der Waals surface area contributed by atoms with Crippen LogP contribution in [-0.4, -0.2) is 16.8 Å². The van der Waals surface area contributed by atoms with Crippen molar-refractivity contribution in [1.29, 1.82) is 0 Å². The second kappa shape index (κ2) is 4.61. The maximum atomic E-state index is 13.8. The molecule has 0 spiro atoms. The normalized spacial score (nSPS) is 20.2. The Labute approximate surface area is 98.2 Å². The third-order valence-corrected chi connectivity index (χ3v) is 2.90. The zero-order valence-electron chi connectivity index (χ0n) is 9.50. The second-order valence-electron chi connectivity index (χ2n) is 4.07. The maximum absolute atomic E-state index is 13.8. The van der Waals surface area contributed by atoms with Crippen molar-refractivity contribution in [3.05, 3.63) is 29.3 Å². The molecule has 2 rings (SSSR count). The fourth-order valence-electron chi connectivity index (χ4n) is 1.89. The summed E-state index contributed by atoms with van der Waals surface area (Å²) in [6.07, 6.45) is 2.81. The number of hydrogen-bond donors (Lipinski definition) is 1. The Morgan fingerprint density at radius 2 is 2.29 bits per heavy atom. The first kappa shape index (κ1) is 11.7. The van der Waals surface area contributed by atoms with E-state index in [0.717, 1.165) is 5.56 Å². The Hall–Kier alpha value is -1.78. The van der Waals surface area contributed by atoms with Crippen LogP contribution >= 0.6 is 0 Å². The molecule has 0 aromatic carbocycles. The van der Waals surface area contributed by atoms with Crippen LogP contribution in [0.4, 0.5) is 4.39 Å². The number of amides is 2. The number of carbonyl (C=O) groups is 2. The topological polar surface area (TPSA) is 59.1 Å². The number of halogens is 1. The molecule has 0 unspecified atom stereocenters. The standard InChI is InChI=1S/C12H13FN2O2/c1-2-7-5-9(13)11(14-6-7)8-3-4-10(16)15-12(8)17/h5-6,8H,2-4H2,1H3,(H,15,16,17)/t8-/m1/s1. The second-order valence-corrected chi connectivity index (χ2v) is 4.07. The number of aromatic nitrogens is 1. The van der Waals surface area contributed by atoms with Gasteiger partial charge in [-0.15, -0.1) is 0 Å². The van der Waals surface area contributed by atoms with Crippen LogP contribution < -0.4 is 5.32 Å². The van der Waals surface area contributed by atoms with Crippen molar-refractivity contribution in [2.45, 2.75) is 32.1 Å². The van der Waals surface area contributed by atoms with E-state index in [9.17, 15) is 14.0 Å². The van der Waals surface area contributed by atoms with Crippen LogP contribution in [0.25, 0.3) is 0 Å². The first-order chi connectivity index (χ1) is 8.11. The van der Waals surface area contributed by atoms with Gasteiger partial charge >= 0.3 is 0 Å². The summed E-state index contributed by atoms with van der Waals surface area (Å²) >= 11 is 0. The van der Waals surface area contributed by atoms with Gasteiger partial charge in [0.25, 0.3) is 0 Å². The van der Waals surface area contributed by atoms with E-state index in [2.05, 4.69) is 10.3 Å². The summed E-state index contributed by atoms with van der Waals surface area (Å²) in [7, 11) is 0. The number of piperidine rings is 1. The van der Waals surface area contributed by atoms with Gasteiger partial charge in [0.2, 0.25) is 11.8 Å². The Morgan fingerprint density at radius 1 is 1.53 bits per heavy atom. The fourth-order valence-corrected chi connectivity index (χ4v) is 1.89. The molecule has 1 atom stereocenters. The van der Waals surface area contributed by atoms with Gasteiger partial charge in [0, 0.05) is 12.6 Å². The lowest BCUT2D eigenvalue weighted by Gasteiger charge is -2.20. The lowest BCUT2D eigenvalue weighted by Crippen LogP contribution is -2.40. The maximum Gasteiger partial charge on any atom is 0.235 e. The van der Waals surface area contributed by atoms with E-state index in [1.807, 2.05) is 6.92 Å². The van der Waals surface area contributed by atoms with E-state index in [1.165, 1.54) is 6.07 Å². The zero-order valence-corrected chi connectivity index (χ0v) is 9.50. The highest BCUT2D eigenvalue weighted by Gasteiger charge is 2.30. The van der Waals surface area contributed by atoms with Gasteiger partial charge < -0.3 is 0 Å². The number of nitrogens with one attached hydrogen (secondary N) is 1. The highest BCUT2D eigenvalue weighted by atomic mass is 19.1. The molecular weight excluding hydrogens is 223 g/mol. The Bertz CT molecular complexity index is 474. The van der Waals surface area contributed by atoms with Crippen LogP contribution in [0, 0.1) is 5.82 Å². The van der Waals surface area contributed by atoms with Gasteiger partial charge in [0.1, 0.15) is 5.82 Å². The predicted molar refractivity (Wildman–Crippen MR) is 58.7 cm³/mol. The third kappa shape index (κ3) is 2.33. The van der Waals surface area contributed by atoms with Crippen molar-refractivity contribution in [2.24, 2.45) is 0 Å². The van der Waals surface area contributed by atoms with Gasteiger partial charge in [-0.1, -0.05) is 6.92 Å². The van der Waals surface area contributed by atoms with E-state index >= 15 is 0 Å². The van der Waals surface area contributed by atoms with Crippen LogP contribution in [0.5, 0.6) is 0 Å². The smallest absolute Gasteiger partial charge is 0.235 e. The van der Waals surface area contributed by atoms with Crippen LogP contribution in [0.2, 0.25) is 0 Å². The molecule has 90 valence electrons.